The predicted molar refractivity (Wildman–Crippen MR) is 97.5 cm³/mol. The minimum absolute atomic E-state index is 0.0803. The number of esters is 1. The smallest absolute Gasteiger partial charge is 0.326 e. The van der Waals surface area contributed by atoms with Gasteiger partial charge in [0.1, 0.15) is 6.54 Å². The fourth-order valence-corrected chi connectivity index (χ4v) is 3.11. The van der Waals surface area contributed by atoms with Crippen LogP contribution in [0.2, 0.25) is 0 Å². The van der Waals surface area contributed by atoms with Crippen molar-refractivity contribution in [2.75, 3.05) is 18.4 Å². The maximum Gasteiger partial charge on any atom is 0.326 e. The van der Waals surface area contributed by atoms with Gasteiger partial charge in [-0.25, -0.2) is 0 Å². The van der Waals surface area contributed by atoms with E-state index in [4.69, 9.17) is 4.74 Å². The number of carbonyl (C=O) groups is 3. The largest absolute Gasteiger partial charge is 0.451 e. The number of likely N-dealkylation sites (tertiary alicyclic amines) is 1. The summed E-state index contributed by atoms with van der Waals surface area (Å²) in [5, 5.41) is 2.56. The Bertz CT molecular complexity index is 670. The predicted octanol–water partition coefficient (Wildman–Crippen LogP) is 3.27. The molecular formula is C18H22F2N2O4S. The average Bonchev–Trinajstić information content (AvgIpc) is 2.80. The van der Waals surface area contributed by atoms with Crippen molar-refractivity contribution < 1.29 is 27.9 Å². The van der Waals surface area contributed by atoms with Crippen LogP contribution in [0.4, 0.5) is 14.5 Å². The first-order chi connectivity index (χ1) is 12.8. The molecule has 1 fully saturated rings. The quantitative estimate of drug-likeness (QED) is 0.562. The number of amides is 2. The normalized spacial score (nSPS) is 16.0. The van der Waals surface area contributed by atoms with E-state index >= 15 is 0 Å². The van der Waals surface area contributed by atoms with Gasteiger partial charge in [-0.15, -0.1) is 0 Å². The van der Waals surface area contributed by atoms with Gasteiger partial charge in [-0.2, -0.15) is 8.78 Å². The van der Waals surface area contributed by atoms with Crippen molar-refractivity contribution in [3.8, 4) is 0 Å². The second-order valence-electron chi connectivity index (χ2n) is 6.15. The number of nitrogens with one attached hydrogen (secondary N) is 1. The Kier molecular flexibility index (Phi) is 8.02. The fraction of sp³-hybridized carbons (Fsp3) is 0.500. The van der Waals surface area contributed by atoms with Crippen molar-refractivity contribution in [3.05, 3.63) is 24.3 Å². The topological polar surface area (TPSA) is 75.7 Å². The standard InChI is InChI=1S/C18H22F2N2O4S/c1-12(26-16(24)11-22-10-4-2-3-5-15(22)23)17(25)21-13-6-8-14(9-7-13)27-18(19)20/h6-9,12,18H,2-5,10-11H2,1H3,(H,21,25)/t12-/m0/s1. The van der Waals surface area contributed by atoms with E-state index in [-0.39, 0.29) is 12.5 Å². The molecule has 148 valence electrons. The van der Waals surface area contributed by atoms with Gasteiger partial charge in [-0.3, -0.25) is 14.4 Å². The molecule has 1 aliphatic heterocycles. The highest BCUT2D eigenvalue weighted by Crippen LogP contribution is 2.26. The molecular weight excluding hydrogens is 378 g/mol. The van der Waals surface area contributed by atoms with E-state index in [1.54, 1.807) is 0 Å². The van der Waals surface area contributed by atoms with Gasteiger partial charge in [0.15, 0.2) is 6.10 Å². The maximum atomic E-state index is 12.3. The van der Waals surface area contributed by atoms with E-state index in [1.165, 1.54) is 36.1 Å². The fourth-order valence-electron chi connectivity index (χ4n) is 2.61. The van der Waals surface area contributed by atoms with Gasteiger partial charge in [-0.05, 0) is 44.0 Å². The Morgan fingerprint density at radius 1 is 1.22 bits per heavy atom. The molecule has 1 saturated heterocycles. The minimum atomic E-state index is -2.51. The van der Waals surface area contributed by atoms with Gasteiger partial charge in [0.05, 0.1) is 0 Å². The summed E-state index contributed by atoms with van der Waals surface area (Å²) in [5.41, 5.74) is 0.407. The van der Waals surface area contributed by atoms with E-state index in [9.17, 15) is 23.2 Å². The highest BCUT2D eigenvalue weighted by atomic mass is 32.2. The van der Waals surface area contributed by atoms with E-state index in [0.717, 1.165) is 19.3 Å². The molecule has 6 nitrogen and oxygen atoms in total. The third-order valence-electron chi connectivity index (χ3n) is 4.02. The highest BCUT2D eigenvalue weighted by molar-refractivity contribution is 7.99. The number of ether oxygens (including phenoxy) is 1. The summed E-state index contributed by atoms with van der Waals surface area (Å²) in [4.78, 5) is 37.9. The van der Waals surface area contributed by atoms with E-state index < -0.39 is 23.7 Å². The first kappa shape index (κ1) is 21.1. The second-order valence-corrected chi connectivity index (χ2v) is 7.21. The third-order valence-corrected chi connectivity index (χ3v) is 4.74. The molecule has 0 aliphatic carbocycles. The molecule has 2 rings (SSSR count). The van der Waals surface area contributed by atoms with Crippen molar-refractivity contribution >= 4 is 35.2 Å². The number of anilines is 1. The van der Waals surface area contributed by atoms with Crippen molar-refractivity contribution in [1.29, 1.82) is 0 Å². The Morgan fingerprint density at radius 2 is 1.93 bits per heavy atom. The zero-order valence-electron chi connectivity index (χ0n) is 15.0. The van der Waals surface area contributed by atoms with E-state index in [1.807, 2.05) is 0 Å². The van der Waals surface area contributed by atoms with Gasteiger partial charge in [-0.1, -0.05) is 18.2 Å². The lowest BCUT2D eigenvalue weighted by atomic mass is 10.2. The van der Waals surface area contributed by atoms with E-state index in [2.05, 4.69) is 5.32 Å². The Hall–Kier alpha value is -2.16. The van der Waals surface area contributed by atoms with Crippen LogP contribution >= 0.6 is 11.8 Å². The molecule has 0 bridgehead atoms. The van der Waals surface area contributed by atoms with Crippen molar-refractivity contribution in [2.45, 2.75) is 49.4 Å². The van der Waals surface area contributed by atoms with Gasteiger partial charge in [0, 0.05) is 23.5 Å². The summed E-state index contributed by atoms with van der Waals surface area (Å²) in [6, 6.07) is 5.92. The number of alkyl halides is 2. The lowest BCUT2D eigenvalue weighted by molar-refractivity contribution is -0.156. The van der Waals surface area contributed by atoms with Crippen molar-refractivity contribution in [3.63, 3.8) is 0 Å². The summed E-state index contributed by atoms with van der Waals surface area (Å²) in [6.45, 7) is 1.77. The molecule has 0 radical (unpaired) electrons. The summed E-state index contributed by atoms with van der Waals surface area (Å²) in [6.07, 6.45) is 1.98. The van der Waals surface area contributed by atoms with Crippen LogP contribution in [-0.4, -0.2) is 47.6 Å². The van der Waals surface area contributed by atoms with Gasteiger partial charge >= 0.3 is 5.97 Å². The zero-order valence-corrected chi connectivity index (χ0v) is 15.8. The van der Waals surface area contributed by atoms with Crippen LogP contribution in [0, 0.1) is 0 Å². The molecule has 27 heavy (non-hydrogen) atoms. The van der Waals surface area contributed by atoms with Gasteiger partial charge in [0.2, 0.25) is 5.91 Å². The lowest BCUT2D eigenvalue weighted by Gasteiger charge is -2.20. The number of nitrogens with zero attached hydrogens (tertiary/aromatic N) is 1. The molecule has 0 spiro atoms. The molecule has 1 aromatic rings. The molecule has 1 aliphatic rings. The van der Waals surface area contributed by atoms with Crippen LogP contribution in [-0.2, 0) is 19.1 Å². The number of hydrogen-bond acceptors (Lipinski definition) is 5. The van der Waals surface area contributed by atoms with Crippen LogP contribution in [0.1, 0.15) is 32.6 Å². The van der Waals surface area contributed by atoms with Gasteiger partial charge in [0.25, 0.3) is 11.7 Å². The summed E-state index contributed by atoms with van der Waals surface area (Å²) in [7, 11) is 0. The minimum Gasteiger partial charge on any atom is -0.451 e. The van der Waals surface area contributed by atoms with Crippen molar-refractivity contribution in [2.24, 2.45) is 0 Å². The van der Waals surface area contributed by atoms with Crippen LogP contribution < -0.4 is 5.32 Å². The first-order valence-corrected chi connectivity index (χ1v) is 9.56. The molecule has 0 unspecified atom stereocenters. The number of rotatable bonds is 7. The summed E-state index contributed by atoms with van der Waals surface area (Å²) in [5.74, 6) is -3.78. The second kappa shape index (κ2) is 10.2. The molecule has 1 aromatic carbocycles. The maximum absolute atomic E-state index is 12.3. The van der Waals surface area contributed by atoms with Crippen LogP contribution in [0.3, 0.4) is 0 Å². The van der Waals surface area contributed by atoms with Crippen LogP contribution in [0.15, 0.2) is 29.2 Å². The first-order valence-electron chi connectivity index (χ1n) is 8.68. The van der Waals surface area contributed by atoms with Gasteiger partial charge < -0.3 is 15.0 Å². The van der Waals surface area contributed by atoms with Crippen LogP contribution in [0.25, 0.3) is 0 Å². The highest BCUT2D eigenvalue weighted by Gasteiger charge is 2.23. The number of thioether (sulfide) groups is 1. The lowest BCUT2D eigenvalue weighted by Crippen LogP contribution is -2.38. The number of benzene rings is 1. The van der Waals surface area contributed by atoms with Crippen molar-refractivity contribution in [1.82, 2.24) is 4.90 Å². The molecule has 0 aromatic heterocycles. The molecule has 1 atom stereocenters. The summed E-state index contributed by atoms with van der Waals surface area (Å²) < 4.78 is 29.7. The molecule has 1 heterocycles. The molecule has 9 heteroatoms. The number of carbonyl (C=O) groups excluding carboxylic acids is 3. The SMILES string of the molecule is C[C@H](OC(=O)CN1CCCCCC1=O)C(=O)Nc1ccc(SC(F)F)cc1. The number of hydrogen-bond donors (Lipinski definition) is 1. The Morgan fingerprint density at radius 3 is 2.59 bits per heavy atom. The molecule has 1 N–H and O–H groups in total. The Labute approximate surface area is 160 Å². The average molecular weight is 400 g/mol. The summed E-state index contributed by atoms with van der Waals surface area (Å²) >= 11 is 0.411. The van der Waals surface area contributed by atoms with E-state index in [0.29, 0.717) is 35.3 Å². The molecule has 2 amide bonds. The monoisotopic (exact) mass is 400 g/mol. The zero-order chi connectivity index (χ0) is 19.8. The number of halogens is 2. The Balaban J connectivity index is 1.82. The molecule has 0 saturated carbocycles. The van der Waals surface area contributed by atoms with Crippen LogP contribution in [0.5, 0.6) is 0 Å². The third kappa shape index (κ3) is 7.16.